The summed E-state index contributed by atoms with van der Waals surface area (Å²) in [6.45, 7) is 3.53. The van der Waals surface area contributed by atoms with Crippen LogP contribution in [0.1, 0.15) is 36.9 Å². The van der Waals surface area contributed by atoms with Gasteiger partial charge in [-0.15, -0.1) is 0 Å². The van der Waals surface area contributed by atoms with E-state index in [2.05, 4.69) is 16.5 Å². The van der Waals surface area contributed by atoms with Crippen LogP contribution in [0.2, 0.25) is 0 Å². The molecular formula is C13H21N3O. The van der Waals surface area contributed by atoms with Crippen molar-refractivity contribution in [1.29, 1.82) is 0 Å². The summed E-state index contributed by atoms with van der Waals surface area (Å²) in [7, 11) is 0. The molecular weight excluding hydrogens is 214 g/mol. The highest BCUT2D eigenvalue weighted by molar-refractivity contribution is 5.29. The second kappa shape index (κ2) is 6.10. The molecule has 3 N–H and O–H groups in total. The Kier molecular flexibility index (Phi) is 4.48. The Labute approximate surface area is 103 Å². The molecule has 0 amide bonds. The summed E-state index contributed by atoms with van der Waals surface area (Å²) in [4.78, 5) is 4.50. The van der Waals surface area contributed by atoms with Gasteiger partial charge in [-0.05, 0) is 37.8 Å². The number of nitrogens with one attached hydrogen (secondary N) is 1. The molecule has 1 heterocycles. The van der Waals surface area contributed by atoms with E-state index in [-0.39, 0.29) is 6.04 Å². The first-order valence-electron chi connectivity index (χ1n) is 6.34. The average Bonchev–Trinajstić information content (AvgIpc) is 2.79. The lowest BCUT2D eigenvalue weighted by Gasteiger charge is -2.22. The van der Waals surface area contributed by atoms with Crippen LogP contribution in [0.4, 0.5) is 0 Å². The van der Waals surface area contributed by atoms with Gasteiger partial charge in [-0.1, -0.05) is 6.07 Å². The van der Waals surface area contributed by atoms with Crippen molar-refractivity contribution in [3.8, 4) is 0 Å². The van der Waals surface area contributed by atoms with Crippen LogP contribution in [0.25, 0.3) is 0 Å². The number of aromatic nitrogens is 1. The van der Waals surface area contributed by atoms with E-state index in [0.29, 0.717) is 5.92 Å². The molecule has 4 heteroatoms. The molecule has 2 atom stereocenters. The molecule has 4 nitrogen and oxygen atoms in total. The van der Waals surface area contributed by atoms with Gasteiger partial charge in [0.1, 0.15) is 0 Å². The Morgan fingerprint density at radius 1 is 1.65 bits per heavy atom. The highest BCUT2D eigenvalue weighted by atomic mass is 16.5. The largest absolute Gasteiger partial charge is 0.382 e. The lowest BCUT2D eigenvalue weighted by atomic mass is 9.95. The number of ether oxygens (including phenoxy) is 1. The van der Waals surface area contributed by atoms with Gasteiger partial charge in [-0.2, -0.15) is 0 Å². The van der Waals surface area contributed by atoms with E-state index < -0.39 is 0 Å². The first-order chi connectivity index (χ1) is 8.36. The Morgan fingerprint density at radius 3 is 3.29 bits per heavy atom. The summed E-state index contributed by atoms with van der Waals surface area (Å²) in [6, 6.07) is 4.43. The minimum Gasteiger partial charge on any atom is -0.382 e. The highest BCUT2D eigenvalue weighted by Crippen LogP contribution is 2.34. The zero-order chi connectivity index (χ0) is 12.1. The zero-order valence-corrected chi connectivity index (χ0v) is 10.4. The highest BCUT2D eigenvalue weighted by Gasteiger charge is 2.29. The number of fused-ring (bicyclic) bond motifs is 1. The maximum Gasteiger partial charge on any atom is 0.0482 e. The minimum atomic E-state index is 0.262. The monoisotopic (exact) mass is 235 g/mol. The number of rotatable bonds is 6. The third-order valence-corrected chi connectivity index (χ3v) is 3.48. The van der Waals surface area contributed by atoms with Gasteiger partial charge in [-0.3, -0.25) is 16.3 Å². The summed E-state index contributed by atoms with van der Waals surface area (Å²) in [5.74, 6) is 6.09. The summed E-state index contributed by atoms with van der Waals surface area (Å²) in [5.41, 5.74) is 5.51. The molecule has 0 spiro atoms. The van der Waals surface area contributed by atoms with Gasteiger partial charge < -0.3 is 4.74 Å². The molecule has 1 aliphatic rings. The van der Waals surface area contributed by atoms with Gasteiger partial charge in [0, 0.05) is 37.1 Å². The fraction of sp³-hybridized carbons (Fsp3) is 0.615. The van der Waals surface area contributed by atoms with Crippen molar-refractivity contribution in [2.45, 2.75) is 38.1 Å². The van der Waals surface area contributed by atoms with Crippen LogP contribution in [0.3, 0.4) is 0 Å². The van der Waals surface area contributed by atoms with E-state index in [0.717, 1.165) is 32.5 Å². The second-order valence-electron chi connectivity index (χ2n) is 4.45. The topological polar surface area (TPSA) is 60.2 Å². The van der Waals surface area contributed by atoms with Crippen LogP contribution in [-0.2, 0) is 11.2 Å². The molecule has 17 heavy (non-hydrogen) atoms. The molecule has 1 aromatic heterocycles. The first kappa shape index (κ1) is 12.5. The number of hydrazine groups is 1. The number of pyridine rings is 1. The average molecular weight is 235 g/mol. The fourth-order valence-corrected chi connectivity index (χ4v) is 2.59. The summed E-state index contributed by atoms with van der Waals surface area (Å²) in [5, 5.41) is 0. The maximum atomic E-state index is 5.66. The van der Waals surface area contributed by atoms with Crippen molar-refractivity contribution in [3.05, 3.63) is 29.6 Å². The summed E-state index contributed by atoms with van der Waals surface area (Å²) in [6.07, 6.45) is 5.05. The number of hydrogen-bond donors (Lipinski definition) is 2. The molecule has 1 aliphatic carbocycles. The molecule has 0 aliphatic heterocycles. The Hall–Kier alpha value is -0.970. The third-order valence-electron chi connectivity index (χ3n) is 3.48. The smallest absolute Gasteiger partial charge is 0.0482 e. The van der Waals surface area contributed by atoms with E-state index in [1.54, 1.807) is 0 Å². The van der Waals surface area contributed by atoms with Gasteiger partial charge >= 0.3 is 0 Å². The number of nitrogens with two attached hydrogens (primary N) is 1. The molecule has 1 aromatic rings. The standard InChI is InChI=1S/C13H21N3O/c1-2-17-9-7-12(16-14)11-6-5-10-4-3-8-15-13(10)11/h3-4,8,11-12,16H,2,5-7,9,14H2,1H3. The summed E-state index contributed by atoms with van der Waals surface area (Å²) >= 11 is 0. The fourth-order valence-electron chi connectivity index (χ4n) is 2.59. The van der Waals surface area contributed by atoms with Gasteiger partial charge in [0.25, 0.3) is 0 Å². The Bertz CT molecular complexity index is 356. The van der Waals surface area contributed by atoms with Crippen molar-refractivity contribution < 1.29 is 4.74 Å². The number of nitrogens with zero attached hydrogens (tertiary/aromatic N) is 1. The van der Waals surface area contributed by atoms with Crippen LogP contribution < -0.4 is 11.3 Å². The predicted octanol–water partition coefficient (Wildman–Crippen LogP) is 1.37. The van der Waals surface area contributed by atoms with Crippen molar-refractivity contribution in [2.75, 3.05) is 13.2 Å². The van der Waals surface area contributed by atoms with Crippen LogP contribution in [0, 0.1) is 0 Å². The van der Waals surface area contributed by atoms with Crippen LogP contribution in [0.5, 0.6) is 0 Å². The van der Waals surface area contributed by atoms with E-state index in [1.807, 2.05) is 19.2 Å². The molecule has 0 saturated heterocycles. The maximum absolute atomic E-state index is 5.66. The number of aryl methyl sites for hydroxylation is 1. The molecule has 0 radical (unpaired) electrons. The SMILES string of the molecule is CCOCCC(NN)C1CCc2cccnc21. The number of hydrogen-bond acceptors (Lipinski definition) is 4. The lowest BCUT2D eigenvalue weighted by Crippen LogP contribution is -2.40. The lowest BCUT2D eigenvalue weighted by molar-refractivity contribution is 0.133. The van der Waals surface area contributed by atoms with Crippen molar-refractivity contribution >= 4 is 0 Å². The van der Waals surface area contributed by atoms with Crippen LogP contribution in [-0.4, -0.2) is 24.2 Å². The Morgan fingerprint density at radius 2 is 2.53 bits per heavy atom. The predicted molar refractivity (Wildman–Crippen MR) is 67.5 cm³/mol. The molecule has 2 unspecified atom stereocenters. The van der Waals surface area contributed by atoms with Crippen molar-refractivity contribution in [2.24, 2.45) is 5.84 Å². The van der Waals surface area contributed by atoms with E-state index in [9.17, 15) is 0 Å². The minimum absolute atomic E-state index is 0.262. The van der Waals surface area contributed by atoms with Crippen molar-refractivity contribution in [1.82, 2.24) is 10.4 Å². The van der Waals surface area contributed by atoms with E-state index in [4.69, 9.17) is 10.6 Å². The van der Waals surface area contributed by atoms with E-state index in [1.165, 1.54) is 11.3 Å². The van der Waals surface area contributed by atoms with Crippen LogP contribution >= 0.6 is 0 Å². The van der Waals surface area contributed by atoms with Gasteiger partial charge in [0.15, 0.2) is 0 Å². The molecule has 94 valence electrons. The molecule has 0 saturated carbocycles. The molecule has 0 aromatic carbocycles. The van der Waals surface area contributed by atoms with Gasteiger partial charge in [0.05, 0.1) is 0 Å². The van der Waals surface area contributed by atoms with E-state index >= 15 is 0 Å². The molecule has 2 rings (SSSR count). The molecule has 0 fully saturated rings. The van der Waals surface area contributed by atoms with Gasteiger partial charge in [-0.25, -0.2) is 0 Å². The molecule has 0 bridgehead atoms. The second-order valence-corrected chi connectivity index (χ2v) is 4.45. The van der Waals surface area contributed by atoms with Crippen LogP contribution in [0.15, 0.2) is 18.3 Å². The quantitative estimate of drug-likeness (QED) is 0.444. The third kappa shape index (κ3) is 2.83. The zero-order valence-electron chi connectivity index (χ0n) is 10.4. The van der Waals surface area contributed by atoms with Gasteiger partial charge in [0.2, 0.25) is 0 Å². The first-order valence-corrected chi connectivity index (χ1v) is 6.34. The normalized spacial score (nSPS) is 20.2. The Balaban J connectivity index is 2.01. The summed E-state index contributed by atoms with van der Waals surface area (Å²) < 4.78 is 5.40. The van der Waals surface area contributed by atoms with Crippen molar-refractivity contribution in [3.63, 3.8) is 0 Å².